The Labute approximate surface area is 181 Å². The number of carbonyl (C=O) groups excluding carboxylic acids is 1. The van der Waals surface area contributed by atoms with E-state index in [-0.39, 0.29) is 40.6 Å². The van der Waals surface area contributed by atoms with Gasteiger partial charge in [0.05, 0.1) is 30.4 Å². The summed E-state index contributed by atoms with van der Waals surface area (Å²) in [6.45, 7) is 10.7. The number of benzene rings is 1. The van der Waals surface area contributed by atoms with Gasteiger partial charge in [-0.1, -0.05) is 65.0 Å². The molecule has 6 heteroatoms. The number of hydrogen-bond acceptors (Lipinski definition) is 4. The molecule has 3 fully saturated rings. The van der Waals surface area contributed by atoms with Crippen LogP contribution >= 0.6 is 0 Å². The largest absolute Gasteiger partial charge is 0.372 e. The van der Waals surface area contributed by atoms with E-state index < -0.39 is 15.9 Å². The van der Waals surface area contributed by atoms with Crippen LogP contribution in [-0.2, 0) is 26.2 Å². The van der Waals surface area contributed by atoms with Crippen LogP contribution in [0.4, 0.5) is 0 Å². The number of ether oxygens (including phenoxy) is 1. The number of fused-ring (bicyclic) bond motifs is 1. The van der Waals surface area contributed by atoms with Gasteiger partial charge in [0.2, 0.25) is 15.9 Å². The van der Waals surface area contributed by atoms with Crippen LogP contribution in [-0.4, -0.2) is 36.5 Å². The number of carbonyl (C=O) groups is 1. The summed E-state index contributed by atoms with van der Waals surface area (Å²) in [5.41, 5.74) is 0.722. The van der Waals surface area contributed by atoms with Gasteiger partial charge in [0.25, 0.3) is 0 Å². The highest BCUT2D eigenvalue weighted by Gasteiger charge is 2.72. The standard InChI is InChI=1S/C24H35NO4S/c1-16(2)21(29-14-18-9-7-6-8-10-18)17(3)22(26)25-20-13-19-11-12-24(20,23(19,4)5)15-30(25,27)28/h6-10,16-17,19-21H,11-15H2,1-5H3/t17-,19+,20+,21-,24+/m1/s1/i22+2. The average molecular weight is 436 g/mol. The minimum Gasteiger partial charge on any atom is -0.372 e. The summed E-state index contributed by atoms with van der Waals surface area (Å²) in [6.07, 6.45) is 2.45. The number of hydrogen-bond donors (Lipinski definition) is 0. The molecule has 5 atom stereocenters. The fourth-order valence-corrected chi connectivity index (χ4v) is 9.22. The fourth-order valence-electron chi connectivity index (χ4n) is 6.60. The molecular weight excluding hydrogens is 400 g/mol. The zero-order valence-electron chi connectivity index (χ0n) is 18.8. The summed E-state index contributed by atoms with van der Waals surface area (Å²) >= 11 is 0. The monoisotopic (exact) mass is 435 g/mol. The molecule has 1 saturated heterocycles. The maximum Gasteiger partial charge on any atom is 0.241 e. The number of sulfonamides is 1. The highest BCUT2D eigenvalue weighted by atomic mass is 32.2. The van der Waals surface area contributed by atoms with Gasteiger partial charge in [-0.15, -0.1) is 0 Å². The summed E-state index contributed by atoms with van der Waals surface area (Å²) in [7, 11) is -3.60. The van der Waals surface area contributed by atoms with Crippen molar-refractivity contribution in [1.29, 1.82) is 0 Å². The minimum absolute atomic E-state index is 0.0374. The normalized spacial score (nSPS) is 32.9. The van der Waals surface area contributed by atoms with Crippen molar-refractivity contribution in [1.82, 2.24) is 4.31 Å². The third-order valence-electron chi connectivity index (χ3n) is 8.45. The van der Waals surface area contributed by atoms with Crippen LogP contribution in [0, 0.1) is 28.6 Å². The summed E-state index contributed by atoms with van der Waals surface area (Å²) in [5, 5.41) is 0. The first-order valence-electron chi connectivity index (χ1n) is 11.2. The lowest BCUT2D eigenvalue weighted by Gasteiger charge is -2.38. The van der Waals surface area contributed by atoms with E-state index in [0.717, 1.165) is 24.8 Å². The molecule has 1 spiro atoms. The topological polar surface area (TPSA) is 63.7 Å². The summed E-state index contributed by atoms with van der Waals surface area (Å²) in [6, 6.07) is 9.69. The van der Waals surface area contributed by atoms with Gasteiger partial charge in [0.15, 0.2) is 0 Å². The Hall–Kier alpha value is -1.40. The van der Waals surface area contributed by atoms with Crippen molar-refractivity contribution in [3.8, 4) is 0 Å². The van der Waals surface area contributed by atoms with E-state index in [2.05, 4.69) is 13.8 Å². The molecule has 30 heavy (non-hydrogen) atoms. The molecule has 1 aromatic carbocycles. The van der Waals surface area contributed by atoms with Crippen LogP contribution < -0.4 is 0 Å². The van der Waals surface area contributed by atoms with E-state index in [1.807, 2.05) is 51.1 Å². The molecule has 2 saturated carbocycles. The molecule has 0 N–H and O–H groups in total. The van der Waals surface area contributed by atoms with E-state index in [9.17, 15) is 13.2 Å². The highest BCUT2D eigenvalue weighted by Crippen LogP contribution is 2.70. The molecule has 2 bridgehead atoms. The zero-order chi connectivity index (χ0) is 21.9. The third kappa shape index (κ3) is 3.13. The SMILES string of the molecule is CC(C)[C@@H](OCc1ccccc1)[C@@H](C)[14C](=O)N1[C@H]2C[C@@H]3CC[C@@]2(CS1(=O)=O)C3(C)C. The number of rotatable bonds is 6. The van der Waals surface area contributed by atoms with Crippen LogP contribution in [0.3, 0.4) is 0 Å². The van der Waals surface area contributed by atoms with E-state index in [1.54, 1.807) is 0 Å². The van der Waals surface area contributed by atoms with Gasteiger partial charge in [-0.2, -0.15) is 0 Å². The molecule has 1 amide bonds. The zero-order valence-corrected chi connectivity index (χ0v) is 19.6. The molecular formula is C24H35NO4S. The quantitative estimate of drug-likeness (QED) is 0.671. The number of amides is 1. The third-order valence-corrected chi connectivity index (χ3v) is 10.4. The van der Waals surface area contributed by atoms with Gasteiger partial charge in [-0.05, 0) is 42.1 Å². The summed E-state index contributed by atoms with van der Waals surface area (Å²) < 4.78 is 33.9. The van der Waals surface area contributed by atoms with Crippen LogP contribution in [0.15, 0.2) is 30.3 Å². The molecule has 166 valence electrons. The molecule has 1 aromatic rings. The van der Waals surface area contributed by atoms with Crippen LogP contribution in [0.1, 0.15) is 59.4 Å². The van der Waals surface area contributed by atoms with E-state index in [1.165, 1.54) is 4.31 Å². The molecule has 3 aliphatic rings. The van der Waals surface area contributed by atoms with Crippen molar-refractivity contribution in [3.63, 3.8) is 0 Å². The molecule has 0 aromatic heterocycles. The molecule has 4 rings (SSSR count). The maximum absolute atomic E-state index is 13.6. The van der Waals surface area contributed by atoms with E-state index in [4.69, 9.17) is 4.74 Å². The van der Waals surface area contributed by atoms with E-state index >= 15 is 0 Å². The first-order valence-corrected chi connectivity index (χ1v) is 12.8. The Morgan fingerprint density at radius 1 is 1.20 bits per heavy atom. The van der Waals surface area contributed by atoms with Crippen LogP contribution in [0.2, 0.25) is 0 Å². The Kier molecular flexibility index (Phi) is 5.33. The Bertz CT molecular complexity index is 910. The Balaban J connectivity index is 1.56. The van der Waals surface area contributed by atoms with Gasteiger partial charge in [-0.3, -0.25) is 4.79 Å². The van der Waals surface area contributed by atoms with Crippen LogP contribution in [0.25, 0.3) is 0 Å². The summed E-state index contributed by atoms with van der Waals surface area (Å²) in [5.74, 6) is -0.0841. The number of nitrogens with zero attached hydrogens (tertiary/aromatic N) is 1. The highest BCUT2D eigenvalue weighted by molar-refractivity contribution is 7.90. The van der Waals surface area contributed by atoms with Gasteiger partial charge < -0.3 is 4.74 Å². The van der Waals surface area contributed by atoms with Crippen molar-refractivity contribution in [2.45, 2.75) is 72.6 Å². The predicted octanol–water partition coefficient (Wildman–Crippen LogP) is 4.23. The molecule has 1 heterocycles. The minimum atomic E-state index is -3.60. The lowest BCUT2D eigenvalue weighted by Crippen LogP contribution is -2.48. The van der Waals surface area contributed by atoms with Crippen molar-refractivity contribution < 1.29 is 17.9 Å². The molecule has 0 unspecified atom stereocenters. The lowest BCUT2D eigenvalue weighted by atomic mass is 9.69. The first-order chi connectivity index (χ1) is 14.0. The lowest BCUT2D eigenvalue weighted by molar-refractivity contribution is -0.140. The first kappa shape index (κ1) is 21.8. The molecule has 1 aliphatic heterocycles. The molecule has 0 radical (unpaired) electrons. The van der Waals surface area contributed by atoms with Gasteiger partial charge in [-0.25, -0.2) is 12.7 Å². The van der Waals surface area contributed by atoms with Crippen LogP contribution in [0.5, 0.6) is 0 Å². The second-order valence-electron chi connectivity index (χ2n) is 10.5. The molecule has 5 nitrogen and oxygen atoms in total. The van der Waals surface area contributed by atoms with E-state index in [0.29, 0.717) is 12.5 Å². The van der Waals surface area contributed by atoms with Gasteiger partial charge >= 0.3 is 0 Å². The van der Waals surface area contributed by atoms with Crippen molar-refractivity contribution >= 4 is 15.9 Å². The second-order valence-corrected chi connectivity index (χ2v) is 12.4. The average Bonchev–Trinajstić information content (AvgIpc) is 3.15. The smallest absolute Gasteiger partial charge is 0.241 e. The second kappa shape index (κ2) is 7.33. The summed E-state index contributed by atoms with van der Waals surface area (Å²) in [4.78, 5) is 13.6. The maximum atomic E-state index is 13.6. The van der Waals surface area contributed by atoms with Gasteiger partial charge in [0.1, 0.15) is 0 Å². The predicted molar refractivity (Wildman–Crippen MR) is 117 cm³/mol. The fraction of sp³-hybridized carbons (Fsp3) is 0.708. The Morgan fingerprint density at radius 3 is 2.47 bits per heavy atom. The van der Waals surface area contributed by atoms with Gasteiger partial charge in [0, 0.05) is 5.41 Å². The Morgan fingerprint density at radius 2 is 1.87 bits per heavy atom. The van der Waals surface area contributed by atoms with Crippen molar-refractivity contribution in [2.75, 3.05) is 5.75 Å². The van der Waals surface area contributed by atoms with Crippen molar-refractivity contribution in [3.05, 3.63) is 35.9 Å². The van der Waals surface area contributed by atoms with Crippen molar-refractivity contribution in [2.24, 2.45) is 28.6 Å². The molecule has 2 aliphatic carbocycles.